The van der Waals surface area contributed by atoms with Gasteiger partial charge in [0.25, 0.3) is 0 Å². The van der Waals surface area contributed by atoms with Crippen LogP contribution in [0.2, 0.25) is 0 Å². The summed E-state index contributed by atoms with van der Waals surface area (Å²) in [7, 11) is 0. The summed E-state index contributed by atoms with van der Waals surface area (Å²) in [4.78, 5) is 1.76. The summed E-state index contributed by atoms with van der Waals surface area (Å²) in [5.41, 5.74) is 0.417. The minimum absolute atomic E-state index is 0.417. The molecule has 0 heterocycles. The van der Waals surface area contributed by atoms with Crippen LogP contribution in [-0.2, 0) is 0 Å². The summed E-state index contributed by atoms with van der Waals surface area (Å²) in [5.74, 6) is -1.88. The number of hydrogen-bond acceptors (Lipinski definition) is 2. The first-order valence-electron chi connectivity index (χ1n) is 5.44. The highest BCUT2D eigenvalue weighted by molar-refractivity contribution is 5.26. The Hall–Kier alpha value is -1.99. The third kappa shape index (κ3) is 3.25. The van der Waals surface area contributed by atoms with Gasteiger partial charge in [0.15, 0.2) is 11.6 Å². The maximum absolute atomic E-state index is 13.2. The van der Waals surface area contributed by atoms with Crippen molar-refractivity contribution in [2.24, 2.45) is 0 Å². The fraction of sp³-hybridized carbons (Fsp3) is 0.214. The van der Waals surface area contributed by atoms with Gasteiger partial charge in [0.1, 0.15) is 6.04 Å². The van der Waals surface area contributed by atoms with Gasteiger partial charge in [-0.3, -0.25) is 4.90 Å². The fourth-order valence-corrected chi connectivity index (χ4v) is 1.67. The molecule has 2 nitrogen and oxygen atoms in total. The summed E-state index contributed by atoms with van der Waals surface area (Å²) in [6.45, 7) is 8.13. The van der Waals surface area contributed by atoms with Crippen molar-refractivity contribution in [2.75, 3.05) is 13.1 Å². The Balaban J connectivity index is 3.06. The molecule has 1 aromatic rings. The summed E-state index contributed by atoms with van der Waals surface area (Å²) in [6.07, 6.45) is 3.29. The molecule has 0 N–H and O–H groups in total. The summed E-state index contributed by atoms with van der Waals surface area (Å²) >= 11 is 0. The van der Waals surface area contributed by atoms with Crippen LogP contribution >= 0.6 is 0 Å². The molecule has 1 atom stereocenters. The molecule has 1 aromatic carbocycles. The third-order valence-electron chi connectivity index (χ3n) is 2.47. The topological polar surface area (TPSA) is 27.0 Å². The van der Waals surface area contributed by atoms with E-state index in [1.807, 2.05) is 0 Å². The van der Waals surface area contributed by atoms with E-state index in [4.69, 9.17) is 0 Å². The minimum atomic E-state index is -0.954. The van der Waals surface area contributed by atoms with Gasteiger partial charge in [-0.2, -0.15) is 5.26 Å². The number of nitrogens with zero attached hydrogens (tertiary/aromatic N) is 2. The Morgan fingerprint density at radius 2 is 1.83 bits per heavy atom. The van der Waals surface area contributed by atoms with Crippen molar-refractivity contribution in [1.82, 2.24) is 4.90 Å². The van der Waals surface area contributed by atoms with E-state index in [2.05, 4.69) is 19.2 Å². The van der Waals surface area contributed by atoms with Crippen molar-refractivity contribution in [2.45, 2.75) is 6.04 Å². The molecule has 0 aliphatic rings. The lowest BCUT2D eigenvalue weighted by molar-refractivity contribution is 0.290. The van der Waals surface area contributed by atoms with Gasteiger partial charge in [0.05, 0.1) is 6.07 Å². The smallest absolute Gasteiger partial charge is 0.159 e. The second kappa shape index (κ2) is 6.67. The van der Waals surface area contributed by atoms with E-state index in [0.29, 0.717) is 18.7 Å². The highest BCUT2D eigenvalue weighted by Gasteiger charge is 2.19. The zero-order chi connectivity index (χ0) is 13.5. The van der Waals surface area contributed by atoms with E-state index in [1.165, 1.54) is 6.07 Å². The van der Waals surface area contributed by atoms with Gasteiger partial charge in [0, 0.05) is 13.1 Å². The Bertz CT molecular complexity index is 467. The van der Waals surface area contributed by atoms with Crippen molar-refractivity contribution in [3.8, 4) is 6.07 Å². The van der Waals surface area contributed by atoms with E-state index < -0.39 is 17.7 Å². The summed E-state index contributed by atoms with van der Waals surface area (Å²) in [5, 5.41) is 9.19. The maximum atomic E-state index is 13.2. The third-order valence-corrected chi connectivity index (χ3v) is 2.47. The Kier molecular flexibility index (Phi) is 5.22. The monoisotopic (exact) mass is 248 g/mol. The molecule has 0 amide bonds. The highest BCUT2D eigenvalue weighted by Crippen LogP contribution is 2.21. The van der Waals surface area contributed by atoms with Crippen LogP contribution in [0.25, 0.3) is 0 Å². The van der Waals surface area contributed by atoms with Crippen LogP contribution in [0.4, 0.5) is 8.78 Å². The second-order valence-electron chi connectivity index (χ2n) is 3.74. The van der Waals surface area contributed by atoms with Gasteiger partial charge in [-0.05, 0) is 17.7 Å². The van der Waals surface area contributed by atoms with E-state index in [-0.39, 0.29) is 0 Å². The number of hydrogen-bond donors (Lipinski definition) is 0. The lowest BCUT2D eigenvalue weighted by Gasteiger charge is -2.24. The first-order chi connectivity index (χ1) is 8.63. The SMILES string of the molecule is C=CCN(CC=C)C(C#N)c1ccc(F)c(F)c1. The van der Waals surface area contributed by atoms with Gasteiger partial charge in [0.2, 0.25) is 0 Å². The Morgan fingerprint density at radius 3 is 2.28 bits per heavy atom. The van der Waals surface area contributed by atoms with Gasteiger partial charge < -0.3 is 0 Å². The van der Waals surface area contributed by atoms with Crippen LogP contribution < -0.4 is 0 Å². The normalized spacial score (nSPS) is 11.9. The summed E-state index contributed by atoms with van der Waals surface area (Å²) in [6, 6.07) is 4.89. The van der Waals surface area contributed by atoms with E-state index in [1.54, 1.807) is 17.1 Å². The molecule has 0 spiro atoms. The first kappa shape index (κ1) is 14.1. The molecule has 18 heavy (non-hydrogen) atoms. The molecule has 0 aliphatic carbocycles. The molecule has 0 saturated heterocycles. The number of rotatable bonds is 6. The van der Waals surface area contributed by atoms with Crippen molar-refractivity contribution in [1.29, 1.82) is 5.26 Å². The largest absolute Gasteiger partial charge is 0.277 e. The number of benzene rings is 1. The van der Waals surface area contributed by atoms with Crippen LogP contribution in [-0.4, -0.2) is 18.0 Å². The second-order valence-corrected chi connectivity index (χ2v) is 3.74. The quantitative estimate of drug-likeness (QED) is 0.723. The molecule has 1 rings (SSSR count). The average molecular weight is 248 g/mol. The minimum Gasteiger partial charge on any atom is -0.277 e. The molecule has 94 valence electrons. The molecule has 0 aromatic heterocycles. The van der Waals surface area contributed by atoms with Crippen molar-refractivity contribution >= 4 is 0 Å². The van der Waals surface area contributed by atoms with E-state index >= 15 is 0 Å². The Morgan fingerprint density at radius 1 is 1.22 bits per heavy atom. The van der Waals surface area contributed by atoms with Crippen LogP contribution in [0.1, 0.15) is 11.6 Å². The summed E-state index contributed by atoms with van der Waals surface area (Å²) < 4.78 is 26.0. The van der Waals surface area contributed by atoms with Crippen LogP contribution in [0.3, 0.4) is 0 Å². The molecular formula is C14H14F2N2. The van der Waals surface area contributed by atoms with Crippen LogP contribution in [0, 0.1) is 23.0 Å². The van der Waals surface area contributed by atoms with Gasteiger partial charge >= 0.3 is 0 Å². The van der Waals surface area contributed by atoms with E-state index in [9.17, 15) is 14.0 Å². The predicted octanol–water partition coefficient (Wildman–Crippen LogP) is 3.20. The van der Waals surface area contributed by atoms with Crippen molar-refractivity contribution in [3.63, 3.8) is 0 Å². The molecule has 0 saturated carbocycles. The maximum Gasteiger partial charge on any atom is 0.159 e. The average Bonchev–Trinajstić information content (AvgIpc) is 2.35. The number of halogens is 2. The van der Waals surface area contributed by atoms with Gasteiger partial charge in [-0.25, -0.2) is 8.78 Å². The molecule has 4 heteroatoms. The molecule has 0 radical (unpaired) electrons. The predicted molar refractivity (Wildman–Crippen MR) is 66.7 cm³/mol. The fourth-order valence-electron chi connectivity index (χ4n) is 1.67. The van der Waals surface area contributed by atoms with E-state index in [0.717, 1.165) is 12.1 Å². The Labute approximate surface area is 105 Å². The zero-order valence-electron chi connectivity index (χ0n) is 9.94. The highest BCUT2D eigenvalue weighted by atomic mass is 19.2. The lowest BCUT2D eigenvalue weighted by Crippen LogP contribution is -2.28. The van der Waals surface area contributed by atoms with Gasteiger partial charge in [-0.15, -0.1) is 13.2 Å². The molecule has 1 unspecified atom stereocenters. The zero-order valence-corrected chi connectivity index (χ0v) is 9.94. The van der Waals surface area contributed by atoms with Crippen LogP contribution in [0.15, 0.2) is 43.5 Å². The van der Waals surface area contributed by atoms with Crippen molar-refractivity contribution in [3.05, 3.63) is 60.7 Å². The van der Waals surface area contributed by atoms with Gasteiger partial charge in [-0.1, -0.05) is 18.2 Å². The molecule has 0 fully saturated rings. The van der Waals surface area contributed by atoms with Crippen molar-refractivity contribution < 1.29 is 8.78 Å². The first-order valence-corrected chi connectivity index (χ1v) is 5.44. The molecule has 0 aliphatic heterocycles. The standard InChI is InChI=1S/C14H14F2N2/c1-3-7-18(8-4-2)14(10-17)11-5-6-12(15)13(16)9-11/h3-6,9,14H,1-2,7-8H2. The molecular weight excluding hydrogens is 234 g/mol. The molecule has 0 bridgehead atoms. The number of nitriles is 1. The van der Waals surface area contributed by atoms with Crippen LogP contribution in [0.5, 0.6) is 0 Å². The lowest BCUT2D eigenvalue weighted by atomic mass is 10.1.